The largest absolute Gasteiger partial charge is 0.456 e. The normalized spacial score (nSPS) is 12.0. The molecule has 210 valence electrons. The molecule has 0 unspecified atom stereocenters. The summed E-state index contributed by atoms with van der Waals surface area (Å²) in [7, 11) is 0. The van der Waals surface area contributed by atoms with E-state index < -0.39 is 0 Å². The highest BCUT2D eigenvalue weighted by atomic mass is 32.1. The molecule has 10 aromatic rings. The summed E-state index contributed by atoms with van der Waals surface area (Å²) in [6.45, 7) is 0. The molecule has 0 N–H and O–H groups in total. The van der Waals surface area contributed by atoms with Crippen LogP contribution in [-0.2, 0) is 0 Å². The molecule has 0 spiro atoms. The summed E-state index contributed by atoms with van der Waals surface area (Å²) in [5, 5.41) is 6.96. The minimum atomic E-state index is 0.577. The third-order valence-electron chi connectivity index (χ3n) is 8.66. The van der Waals surface area contributed by atoms with Gasteiger partial charge in [0.2, 0.25) is 5.95 Å². The molecule has 0 saturated carbocycles. The molecule has 0 saturated heterocycles. The van der Waals surface area contributed by atoms with Crippen LogP contribution in [0, 0.1) is 0 Å². The summed E-state index contributed by atoms with van der Waals surface area (Å²) < 4.78 is 11.2. The van der Waals surface area contributed by atoms with Gasteiger partial charge in [0.1, 0.15) is 11.2 Å². The Morgan fingerprint density at radius 2 is 1.16 bits per heavy atom. The second-order valence-electron chi connectivity index (χ2n) is 11.2. The number of fused-ring (bicyclic) bond motifs is 10. The predicted molar refractivity (Wildman–Crippen MR) is 185 cm³/mol. The van der Waals surface area contributed by atoms with Crippen molar-refractivity contribution in [2.45, 2.75) is 0 Å². The third kappa shape index (κ3) is 3.63. The predicted octanol–water partition coefficient (Wildman–Crippen LogP) is 10.6. The van der Waals surface area contributed by atoms with Crippen LogP contribution in [0.25, 0.3) is 92.6 Å². The zero-order valence-electron chi connectivity index (χ0n) is 23.8. The number of nitrogens with zero attached hydrogens (tertiary/aromatic N) is 4. The van der Waals surface area contributed by atoms with Crippen molar-refractivity contribution in [2.75, 3.05) is 0 Å². The fourth-order valence-corrected chi connectivity index (χ4v) is 7.87. The zero-order chi connectivity index (χ0) is 29.5. The van der Waals surface area contributed by atoms with Gasteiger partial charge in [-0.25, -0.2) is 4.98 Å². The van der Waals surface area contributed by atoms with E-state index in [1.54, 1.807) is 0 Å². The van der Waals surface area contributed by atoms with Crippen molar-refractivity contribution in [1.29, 1.82) is 0 Å². The Bertz CT molecular complexity index is 2700. The molecule has 0 aliphatic heterocycles. The number of benzene rings is 6. The molecule has 4 heterocycles. The molecule has 0 aliphatic carbocycles. The fraction of sp³-hybridized carbons (Fsp3) is 0. The van der Waals surface area contributed by atoms with Crippen molar-refractivity contribution in [3.05, 3.63) is 133 Å². The molecule has 0 amide bonds. The first-order valence-electron chi connectivity index (χ1n) is 14.9. The van der Waals surface area contributed by atoms with Crippen LogP contribution in [0.4, 0.5) is 0 Å². The van der Waals surface area contributed by atoms with E-state index in [1.165, 1.54) is 20.2 Å². The van der Waals surface area contributed by atoms with Gasteiger partial charge >= 0.3 is 0 Å². The van der Waals surface area contributed by atoms with Crippen LogP contribution in [-0.4, -0.2) is 19.5 Å². The van der Waals surface area contributed by atoms with E-state index >= 15 is 0 Å². The first-order valence-corrected chi connectivity index (χ1v) is 15.7. The zero-order valence-corrected chi connectivity index (χ0v) is 24.6. The minimum Gasteiger partial charge on any atom is -0.456 e. The van der Waals surface area contributed by atoms with Crippen molar-refractivity contribution in [3.63, 3.8) is 0 Å². The monoisotopic (exact) mass is 594 g/mol. The van der Waals surface area contributed by atoms with Crippen molar-refractivity contribution in [2.24, 2.45) is 0 Å². The van der Waals surface area contributed by atoms with Gasteiger partial charge in [-0.15, -0.1) is 11.3 Å². The quantitative estimate of drug-likeness (QED) is 0.204. The number of para-hydroxylation sites is 1. The van der Waals surface area contributed by atoms with Gasteiger partial charge in [-0.2, -0.15) is 9.97 Å². The summed E-state index contributed by atoms with van der Waals surface area (Å²) in [4.78, 5) is 15.1. The van der Waals surface area contributed by atoms with Crippen LogP contribution >= 0.6 is 11.3 Å². The molecular formula is C39H22N4OS. The van der Waals surface area contributed by atoms with Gasteiger partial charge in [-0.3, -0.25) is 4.57 Å². The fourth-order valence-electron chi connectivity index (χ4n) is 6.62. The molecule has 0 aliphatic rings. The van der Waals surface area contributed by atoms with E-state index in [4.69, 9.17) is 19.4 Å². The molecular weight excluding hydrogens is 573 g/mol. The lowest BCUT2D eigenvalue weighted by atomic mass is 10.1. The molecule has 0 radical (unpaired) electrons. The Labute approximate surface area is 260 Å². The maximum atomic E-state index is 6.54. The molecule has 0 fully saturated rings. The van der Waals surface area contributed by atoms with Gasteiger partial charge in [0.05, 0.1) is 11.0 Å². The van der Waals surface area contributed by atoms with Gasteiger partial charge in [0.15, 0.2) is 11.6 Å². The van der Waals surface area contributed by atoms with Crippen LogP contribution in [0.2, 0.25) is 0 Å². The van der Waals surface area contributed by atoms with Crippen LogP contribution in [0.3, 0.4) is 0 Å². The Hall–Kier alpha value is -5.85. The number of aromatic nitrogens is 4. The van der Waals surface area contributed by atoms with E-state index in [1.807, 2.05) is 72.0 Å². The highest BCUT2D eigenvalue weighted by molar-refractivity contribution is 7.26. The Kier molecular flexibility index (Phi) is 5.09. The average molecular weight is 595 g/mol. The summed E-state index contributed by atoms with van der Waals surface area (Å²) in [6, 6.07) is 46.0. The smallest absolute Gasteiger partial charge is 0.238 e. The molecule has 45 heavy (non-hydrogen) atoms. The number of furan rings is 1. The van der Waals surface area contributed by atoms with Crippen molar-refractivity contribution in [3.8, 4) is 28.7 Å². The first-order chi connectivity index (χ1) is 22.3. The Balaban J connectivity index is 1.32. The second-order valence-corrected chi connectivity index (χ2v) is 12.3. The Morgan fingerprint density at radius 3 is 1.91 bits per heavy atom. The lowest BCUT2D eigenvalue weighted by molar-refractivity contribution is 0.670. The number of hydrogen-bond acceptors (Lipinski definition) is 5. The first kappa shape index (κ1) is 24.6. The van der Waals surface area contributed by atoms with Crippen LogP contribution < -0.4 is 0 Å². The molecule has 0 atom stereocenters. The lowest BCUT2D eigenvalue weighted by Gasteiger charge is -2.11. The molecule has 4 aromatic heterocycles. The van der Waals surface area contributed by atoms with E-state index in [-0.39, 0.29) is 0 Å². The Morgan fingerprint density at radius 1 is 0.489 bits per heavy atom. The number of hydrogen-bond donors (Lipinski definition) is 0. The lowest BCUT2D eigenvalue weighted by Crippen LogP contribution is -2.06. The molecule has 6 aromatic carbocycles. The molecule has 0 bridgehead atoms. The summed E-state index contributed by atoms with van der Waals surface area (Å²) >= 11 is 1.82. The summed E-state index contributed by atoms with van der Waals surface area (Å²) in [5.41, 5.74) is 5.69. The van der Waals surface area contributed by atoms with Crippen molar-refractivity contribution >= 4 is 75.3 Å². The topological polar surface area (TPSA) is 56.7 Å². The van der Waals surface area contributed by atoms with Crippen molar-refractivity contribution in [1.82, 2.24) is 19.5 Å². The van der Waals surface area contributed by atoms with Gasteiger partial charge in [0, 0.05) is 52.8 Å². The molecule has 5 nitrogen and oxygen atoms in total. The van der Waals surface area contributed by atoms with Crippen LogP contribution in [0.5, 0.6) is 0 Å². The standard InChI is InChI=1S/C39H22N4OS/c1-3-11-23(12-4-1)37-40-38(24-13-5-2-6-14-24)42-39(41-37)43-30-17-9-7-15-25(30)28-22-33-29(21-31(28)43)35-32(44-33)20-19-27-26-16-8-10-18-34(26)45-36(27)35/h1-22H. The van der Waals surface area contributed by atoms with Gasteiger partial charge in [0.25, 0.3) is 0 Å². The minimum absolute atomic E-state index is 0.577. The van der Waals surface area contributed by atoms with Crippen LogP contribution in [0.15, 0.2) is 138 Å². The molecule has 10 rings (SSSR count). The number of rotatable bonds is 3. The molecule has 6 heteroatoms. The highest BCUT2D eigenvalue weighted by Gasteiger charge is 2.21. The van der Waals surface area contributed by atoms with Crippen molar-refractivity contribution < 1.29 is 4.42 Å². The average Bonchev–Trinajstić information content (AvgIpc) is 3.77. The highest BCUT2D eigenvalue weighted by Crippen LogP contribution is 2.44. The van der Waals surface area contributed by atoms with E-state index in [9.17, 15) is 0 Å². The van der Waals surface area contributed by atoms with Gasteiger partial charge in [-0.1, -0.05) is 97.1 Å². The third-order valence-corrected chi connectivity index (χ3v) is 9.86. The maximum absolute atomic E-state index is 6.54. The van der Waals surface area contributed by atoms with Gasteiger partial charge in [-0.05, 0) is 36.4 Å². The summed E-state index contributed by atoms with van der Waals surface area (Å²) in [6.07, 6.45) is 0. The van der Waals surface area contributed by atoms with E-state index in [0.717, 1.165) is 54.9 Å². The van der Waals surface area contributed by atoms with E-state index in [2.05, 4.69) is 77.4 Å². The summed E-state index contributed by atoms with van der Waals surface area (Å²) in [5.74, 6) is 1.84. The van der Waals surface area contributed by atoms with E-state index in [0.29, 0.717) is 17.6 Å². The van der Waals surface area contributed by atoms with Gasteiger partial charge < -0.3 is 4.42 Å². The maximum Gasteiger partial charge on any atom is 0.238 e. The SMILES string of the molecule is c1ccc(-c2nc(-c3ccccc3)nc(-n3c4ccccc4c4cc5oc6ccc7c8ccccc8sc7c6c5cc43)n2)cc1. The number of thiophene rings is 1. The van der Waals surface area contributed by atoms with Crippen LogP contribution in [0.1, 0.15) is 0 Å². The second kappa shape index (κ2) is 9.32.